The zero-order valence-corrected chi connectivity index (χ0v) is 10.3. The quantitative estimate of drug-likeness (QED) is 0.844. The average molecular weight is 219 g/mol. The Balaban J connectivity index is 1.93. The molecule has 1 unspecified atom stereocenters. The van der Waals surface area contributed by atoms with Crippen molar-refractivity contribution >= 4 is 0 Å². The van der Waals surface area contributed by atoms with Crippen molar-refractivity contribution in [3.63, 3.8) is 0 Å². The smallest absolute Gasteiger partial charge is 0.125 e. The van der Waals surface area contributed by atoms with E-state index in [-0.39, 0.29) is 0 Å². The zero-order valence-electron chi connectivity index (χ0n) is 10.3. The molecule has 1 fully saturated rings. The minimum absolute atomic E-state index is 0.535. The number of hydrogen-bond acceptors (Lipinski definition) is 2. The summed E-state index contributed by atoms with van der Waals surface area (Å²) in [5, 5.41) is 3.50. The molecule has 0 amide bonds. The van der Waals surface area contributed by atoms with Crippen LogP contribution in [0.25, 0.3) is 0 Å². The van der Waals surface area contributed by atoms with E-state index in [9.17, 15) is 0 Å². The summed E-state index contributed by atoms with van der Waals surface area (Å²) in [6.45, 7) is 6.15. The van der Waals surface area contributed by atoms with Gasteiger partial charge < -0.3 is 10.1 Å². The lowest BCUT2D eigenvalue weighted by molar-refractivity contribution is 0.237. The summed E-state index contributed by atoms with van der Waals surface area (Å²) in [7, 11) is 0. The second kappa shape index (κ2) is 5.35. The van der Waals surface area contributed by atoms with E-state index in [4.69, 9.17) is 4.74 Å². The molecule has 0 bridgehead atoms. The standard InChI is InChI=1S/C14H21NO/c1-11-6-5-7-12(2)14(11)16-10-13-8-3-4-9-15-13/h5-7,13,15H,3-4,8-10H2,1-2H3. The maximum atomic E-state index is 5.94. The maximum Gasteiger partial charge on any atom is 0.125 e. The fourth-order valence-electron chi connectivity index (χ4n) is 2.28. The molecule has 1 N–H and O–H groups in total. The third-order valence-corrected chi connectivity index (χ3v) is 3.25. The van der Waals surface area contributed by atoms with Gasteiger partial charge in [0.1, 0.15) is 12.4 Å². The molecule has 0 saturated carbocycles. The van der Waals surface area contributed by atoms with Gasteiger partial charge in [0.25, 0.3) is 0 Å². The number of benzene rings is 1. The van der Waals surface area contributed by atoms with Gasteiger partial charge in [-0.2, -0.15) is 0 Å². The molecule has 1 atom stereocenters. The van der Waals surface area contributed by atoms with Crippen molar-refractivity contribution in [2.24, 2.45) is 0 Å². The van der Waals surface area contributed by atoms with Crippen molar-refractivity contribution in [3.8, 4) is 5.75 Å². The minimum Gasteiger partial charge on any atom is -0.491 e. The summed E-state index contributed by atoms with van der Waals surface area (Å²) in [5.74, 6) is 1.06. The van der Waals surface area contributed by atoms with Crippen LogP contribution in [0.2, 0.25) is 0 Å². The van der Waals surface area contributed by atoms with Gasteiger partial charge in [-0.25, -0.2) is 0 Å². The fourth-order valence-corrected chi connectivity index (χ4v) is 2.28. The van der Waals surface area contributed by atoms with Crippen LogP contribution in [0, 0.1) is 13.8 Å². The van der Waals surface area contributed by atoms with Crippen LogP contribution in [0.15, 0.2) is 18.2 Å². The van der Waals surface area contributed by atoms with E-state index in [1.165, 1.54) is 30.4 Å². The number of aryl methyl sites for hydroxylation is 2. The zero-order chi connectivity index (χ0) is 11.4. The molecule has 1 saturated heterocycles. The summed E-state index contributed by atoms with van der Waals surface area (Å²) in [6, 6.07) is 6.83. The van der Waals surface area contributed by atoms with Crippen molar-refractivity contribution in [3.05, 3.63) is 29.3 Å². The Kier molecular flexibility index (Phi) is 3.83. The van der Waals surface area contributed by atoms with E-state index in [2.05, 4.69) is 37.4 Å². The summed E-state index contributed by atoms with van der Waals surface area (Å²) in [4.78, 5) is 0. The van der Waals surface area contributed by atoms with E-state index in [1.54, 1.807) is 0 Å². The number of para-hydroxylation sites is 1. The van der Waals surface area contributed by atoms with Crippen molar-refractivity contribution in [1.82, 2.24) is 5.32 Å². The van der Waals surface area contributed by atoms with Crippen LogP contribution in [-0.4, -0.2) is 19.2 Å². The predicted molar refractivity (Wildman–Crippen MR) is 67.1 cm³/mol. The third-order valence-electron chi connectivity index (χ3n) is 3.25. The van der Waals surface area contributed by atoms with Crippen LogP contribution in [-0.2, 0) is 0 Å². The molecule has 0 radical (unpaired) electrons. The Morgan fingerprint density at radius 3 is 2.62 bits per heavy atom. The summed E-state index contributed by atoms with van der Waals surface area (Å²) >= 11 is 0. The van der Waals surface area contributed by atoms with Crippen molar-refractivity contribution in [2.45, 2.75) is 39.2 Å². The maximum absolute atomic E-state index is 5.94. The highest BCUT2D eigenvalue weighted by atomic mass is 16.5. The normalized spacial score (nSPS) is 20.8. The topological polar surface area (TPSA) is 21.3 Å². The molecule has 1 heterocycles. The van der Waals surface area contributed by atoms with Gasteiger partial charge in [-0.1, -0.05) is 24.6 Å². The van der Waals surface area contributed by atoms with Crippen molar-refractivity contribution in [1.29, 1.82) is 0 Å². The van der Waals surface area contributed by atoms with Crippen molar-refractivity contribution < 1.29 is 4.74 Å². The highest BCUT2D eigenvalue weighted by molar-refractivity contribution is 5.39. The van der Waals surface area contributed by atoms with E-state index < -0.39 is 0 Å². The van der Waals surface area contributed by atoms with Crippen LogP contribution in [0.5, 0.6) is 5.75 Å². The highest BCUT2D eigenvalue weighted by Crippen LogP contribution is 2.22. The Bertz CT molecular complexity index is 322. The molecule has 2 nitrogen and oxygen atoms in total. The van der Waals surface area contributed by atoms with Crippen LogP contribution in [0.4, 0.5) is 0 Å². The largest absolute Gasteiger partial charge is 0.491 e. The molecule has 0 aromatic heterocycles. The second-order valence-corrected chi connectivity index (χ2v) is 4.68. The molecule has 2 heteroatoms. The van der Waals surface area contributed by atoms with Crippen LogP contribution >= 0.6 is 0 Å². The number of ether oxygens (including phenoxy) is 1. The number of rotatable bonds is 3. The Morgan fingerprint density at radius 2 is 2.00 bits per heavy atom. The lowest BCUT2D eigenvalue weighted by Gasteiger charge is -2.24. The molecular weight excluding hydrogens is 198 g/mol. The first-order valence-corrected chi connectivity index (χ1v) is 6.20. The summed E-state index contributed by atoms with van der Waals surface area (Å²) in [6.07, 6.45) is 3.87. The average Bonchev–Trinajstić information content (AvgIpc) is 2.30. The Labute approximate surface area is 98.0 Å². The molecule has 16 heavy (non-hydrogen) atoms. The van der Waals surface area contributed by atoms with Gasteiger partial charge in [-0.3, -0.25) is 0 Å². The van der Waals surface area contributed by atoms with Crippen LogP contribution in [0.3, 0.4) is 0 Å². The predicted octanol–water partition coefficient (Wildman–Crippen LogP) is 2.82. The van der Waals surface area contributed by atoms with Gasteiger partial charge in [0, 0.05) is 6.04 Å². The lowest BCUT2D eigenvalue weighted by atomic mass is 10.1. The van der Waals surface area contributed by atoms with E-state index >= 15 is 0 Å². The number of piperidine rings is 1. The first-order valence-electron chi connectivity index (χ1n) is 6.20. The van der Waals surface area contributed by atoms with Gasteiger partial charge in [0.05, 0.1) is 0 Å². The molecule has 1 aliphatic rings. The van der Waals surface area contributed by atoms with Gasteiger partial charge in [-0.05, 0) is 44.4 Å². The van der Waals surface area contributed by atoms with Crippen LogP contribution < -0.4 is 10.1 Å². The molecule has 1 aromatic rings. The van der Waals surface area contributed by atoms with E-state index in [0.717, 1.165) is 18.9 Å². The molecule has 2 rings (SSSR count). The molecule has 0 aliphatic carbocycles. The van der Waals surface area contributed by atoms with Gasteiger partial charge in [0.15, 0.2) is 0 Å². The second-order valence-electron chi connectivity index (χ2n) is 4.68. The Hall–Kier alpha value is -1.02. The summed E-state index contributed by atoms with van der Waals surface area (Å²) < 4.78 is 5.94. The van der Waals surface area contributed by atoms with Crippen LogP contribution in [0.1, 0.15) is 30.4 Å². The van der Waals surface area contributed by atoms with Gasteiger partial charge in [0.2, 0.25) is 0 Å². The molecule has 0 spiro atoms. The van der Waals surface area contributed by atoms with Gasteiger partial charge in [-0.15, -0.1) is 0 Å². The first kappa shape index (κ1) is 11.5. The molecule has 1 aromatic carbocycles. The lowest BCUT2D eigenvalue weighted by Crippen LogP contribution is -2.38. The number of hydrogen-bond donors (Lipinski definition) is 1. The van der Waals surface area contributed by atoms with Crippen molar-refractivity contribution in [2.75, 3.05) is 13.2 Å². The fraction of sp³-hybridized carbons (Fsp3) is 0.571. The van der Waals surface area contributed by atoms with E-state index in [0.29, 0.717) is 6.04 Å². The van der Waals surface area contributed by atoms with E-state index in [1.807, 2.05) is 0 Å². The van der Waals surface area contributed by atoms with Gasteiger partial charge >= 0.3 is 0 Å². The molecular formula is C14H21NO. The molecule has 1 aliphatic heterocycles. The molecule has 88 valence electrons. The minimum atomic E-state index is 0.535. The highest BCUT2D eigenvalue weighted by Gasteiger charge is 2.13. The SMILES string of the molecule is Cc1cccc(C)c1OCC1CCCCN1. The summed E-state index contributed by atoms with van der Waals surface area (Å²) in [5.41, 5.74) is 2.46. The number of nitrogens with one attached hydrogen (secondary N) is 1. The monoisotopic (exact) mass is 219 g/mol. The third kappa shape index (κ3) is 2.76. The Morgan fingerprint density at radius 1 is 1.25 bits per heavy atom. The first-order chi connectivity index (χ1) is 7.77.